The van der Waals surface area contributed by atoms with E-state index in [0.29, 0.717) is 11.3 Å². The zero-order chi connectivity index (χ0) is 21.8. The molecule has 0 aliphatic heterocycles. The highest BCUT2D eigenvalue weighted by atomic mass is 16.6. The van der Waals surface area contributed by atoms with Crippen LogP contribution in [0.4, 0.5) is 0 Å². The molecule has 160 valence electrons. The summed E-state index contributed by atoms with van der Waals surface area (Å²) in [5, 5.41) is 14.5. The van der Waals surface area contributed by atoms with E-state index in [9.17, 15) is 24.5 Å². The number of Topliss-reactive ketones (excluding diaryl/α,β-unsaturated/α-hetero) is 1. The van der Waals surface area contributed by atoms with Gasteiger partial charge in [0.15, 0.2) is 6.61 Å². The van der Waals surface area contributed by atoms with Crippen molar-refractivity contribution in [2.24, 2.45) is 17.8 Å². The maximum absolute atomic E-state index is 12.1. The van der Waals surface area contributed by atoms with Crippen LogP contribution in [-0.2, 0) is 19.1 Å². The lowest BCUT2D eigenvalue weighted by Crippen LogP contribution is -2.32. The molecule has 1 amide bonds. The fraction of sp³-hybridized carbons (Fsp3) is 0.476. The van der Waals surface area contributed by atoms with Gasteiger partial charge in [0, 0.05) is 28.6 Å². The van der Waals surface area contributed by atoms with Gasteiger partial charge in [-0.2, -0.15) is 0 Å². The van der Waals surface area contributed by atoms with Crippen molar-refractivity contribution in [1.82, 2.24) is 5.32 Å². The molecule has 0 bridgehead atoms. The average Bonchev–Trinajstić information content (AvgIpc) is 3.22. The zero-order valence-electron chi connectivity index (χ0n) is 16.8. The van der Waals surface area contributed by atoms with Crippen molar-refractivity contribution in [3.63, 3.8) is 0 Å². The van der Waals surface area contributed by atoms with Gasteiger partial charge >= 0.3 is 5.97 Å². The van der Waals surface area contributed by atoms with E-state index in [1.54, 1.807) is 13.8 Å². The highest BCUT2D eigenvalue weighted by Crippen LogP contribution is 2.36. The smallest absolute Gasteiger partial charge is 0.307 e. The molecule has 1 aliphatic rings. The van der Waals surface area contributed by atoms with Gasteiger partial charge in [0.1, 0.15) is 17.1 Å². The van der Waals surface area contributed by atoms with E-state index in [4.69, 9.17) is 9.15 Å². The fourth-order valence-electron chi connectivity index (χ4n) is 3.95. The third-order valence-corrected chi connectivity index (χ3v) is 5.54. The normalized spacial score (nSPS) is 22.1. The Kier molecular flexibility index (Phi) is 6.49. The van der Waals surface area contributed by atoms with E-state index in [0.717, 1.165) is 5.39 Å². The number of carbonyl (C=O) groups excluding carboxylic acids is 3. The second-order valence-corrected chi connectivity index (χ2v) is 7.77. The van der Waals surface area contributed by atoms with E-state index in [1.165, 1.54) is 0 Å². The molecule has 0 radical (unpaired) electrons. The van der Waals surface area contributed by atoms with Crippen LogP contribution in [0.5, 0.6) is 0 Å². The molecular weight excluding hydrogens is 392 g/mol. The third kappa shape index (κ3) is 5.03. The van der Waals surface area contributed by atoms with Gasteiger partial charge in [0.2, 0.25) is 6.54 Å². The van der Waals surface area contributed by atoms with Crippen LogP contribution in [0.3, 0.4) is 0 Å². The zero-order valence-corrected chi connectivity index (χ0v) is 16.8. The minimum Gasteiger partial charge on any atom is -0.459 e. The lowest BCUT2D eigenvalue weighted by molar-refractivity contribution is -0.490. The van der Waals surface area contributed by atoms with Crippen molar-refractivity contribution in [1.29, 1.82) is 0 Å². The van der Waals surface area contributed by atoms with Gasteiger partial charge in [-0.3, -0.25) is 24.5 Å². The van der Waals surface area contributed by atoms with Crippen LogP contribution in [0.15, 0.2) is 34.7 Å². The molecular formula is C21H24N2O7. The molecule has 1 saturated carbocycles. The standard InChI is InChI=1S/C21H24N2O7/c1-12-7-17(24)15(16(12)10-23(27)28)9-21(26)29-11-20(25)22-13(2)19-8-14-5-3-4-6-18(14)30-19/h3-6,8,12-13,15-16H,7,9-11H2,1-2H3,(H,22,25)/t12-,13+,15-,16-/m1/s1. The molecule has 0 saturated heterocycles. The van der Waals surface area contributed by atoms with Crippen LogP contribution in [0.1, 0.15) is 38.5 Å². The summed E-state index contributed by atoms with van der Waals surface area (Å²) in [6.07, 6.45) is -0.0416. The number of amides is 1. The van der Waals surface area contributed by atoms with Crippen molar-refractivity contribution in [2.75, 3.05) is 13.2 Å². The summed E-state index contributed by atoms with van der Waals surface area (Å²) < 4.78 is 10.7. The number of nitrogens with zero attached hydrogens (tertiary/aromatic N) is 1. The summed E-state index contributed by atoms with van der Waals surface area (Å²) in [4.78, 5) is 46.7. The van der Waals surface area contributed by atoms with Crippen molar-refractivity contribution >= 4 is 28.6 Å². The summed E-state index contributed by atoms with van der Waals surface area (Å²) in [6, 6.07) is 8.86. The summed E-state index contributed by atoms with van der Waals surface area (Å²) >= 11 is 0. The van der Waals surface area contributed by atoms with Gasteiger partial charge in [-0.25, -0.2) is 0 Å². The van der Waals surface area contributed by atoms with Crippen LogP contribution in [-0.4, -0.2) is 35.7 Å². The van der Waals surface area contributed by atoms with Gasteiger partial charge in [0.05, 0.1) is 12.5 Å². The molecule has 1 aromatic heterocycles. The summed E-state index contributed by atoms with van der Waals surface area (Å²) in [5.74, 6) is -2.23. The van der Waals surface area contributed by atoms with E-state index in [1.807, 2.05) is 30.3 Å². The Morgan fingerprint density at radius 1 is 1.37 bits per heavy atom. The van der Waals surface area contributed by atoms with Crippen molar-refractivity contribution in [2.45, 2.75) is 32.7 Å². The van der Waals surface area contributed by atoms with Crippen LogP contribution >= 0.6 is 0 Å². The predicted molar refractivity (Wildman–Crippen MR) is 106 cm³/mol. The SMILES string of the molecule is C[C@H](NC(=O)COC(=O)C[C@H]1C(=O)C[C@@H](C)[C@H]1C[N+](=O)[O-])c1cc2ccccc2o1. The van der Waals surface area contributed by atoms with E-state index >= 15 is 0 Å². The average molecular weight is 416 g/mol. The summed E-state index contributed by atoms with van der Waals surface area (Å²) in [6.45, 7) is 2.66. The second kappa shape index (κ2) is 9.06. The van der Waals surface area contributed by atoms with Crippen molar-refractivity contribution < 1.29 is 28.5 Å². The molecule has 3 rings (SSSR count). The molecule has 1 fully saturated rings. The molecule has 1 aliphatic carbocycles. The Labute approximate surface area is 172 Å². The molecule has 4 atom stereocenters. The van der Waals surface area contributed by atoms with Gasteiger partial charge in [-0.1, -0.05) is 25.1 Å². The van der Waals surface area contributed by atoms with Gasteiger partial charge in [0.25, 0.3) is 5.91 Å². The maximum atomic E-state index is 12.1. The number of hydrogen-bond acceptors (Lipinski definition) is 7. The lowest BCUT2D eigenvalue weighted by Gasteiger charge is -2.17. The number of furan rings is 1. The molecule has 1 N–H and O–H groups in total. The largest absolute Gasteiger partial charge is 0.459 e. The molecule has 0 unspecified atom stereocenters. The number of nitro groups is 1. The molecule has 9 heteroatoms. The summed E-state index contributed by atoms with van der Waals surface area (Å²) in [7, 11) is 0. The number of carbonyl (C=O) groups is 3. The quantitative estimate of drug-likeness (QED) is 0.398. The first-order valence-corrected chi connectivity index (χ1v) is 9.82. The summed E-state index contributed by atoms with van der Waals surface area (Å²) in [5.41, 5.74) is 0.708. The number of hydrogen-bond donors (Lipinski definition) is 1. The minimum absolute atomic E-state index is 0.159. The Bertz CT molecular complexity index is 934. The van der Waals surface area contributed by atoms with Crippen LogP contribution < -0.4 is 5.32 Å². The number of esters is 1. The van der Waals surface area contributed by atoms with Crippen molar-refractivity contribution in [3.05, 3.63) is 46.2 Å². The molecule has 0 spiro atoms. The molecule has 2 aromatic rings. The van der Waals surface area contributed by atoms with Gasteiger partial charge in [-0.05, 0) is 25.0 Å². The van der Waals surface area contributed by atoms with Crippen molar-refractivity contribution in [3.8, 4) is 0 Å². The topological polar surface area (TPSA) is 129 Å². The highest BCUT2D eigenvalue weighted by Gasteiger charge is 2.44. The van der Waals surface area contributed by atoms with E-state index < -0.39 is 41.3 Å². The number of rotatable bonds is 8. The van der Waals surface area contributed by atoms with Crippen LogP contribution in [0, 0.1) is 27.9 Å². The first kappa shape index (κ1) is 21.5. The lowest BCUT2D eigenvalue weighted by atomic mass is 9.88. The van der Waals surface area contributed by atoms with Gasteiger partial charge in [-0.15, -0.1) is 0 Å². The molecule has 1 heterocycles. The Morgan fingerprint density at radius 3 is 2.80 bits per heavy atom. The first-order valence-electron chi connectivity index (χ1n) is 9.82. The van der Waals surface area contributed by atoms with Gasteiger partial charge < -0.3 is 14.5 Å². The minimum atomic E-state index is -0.740. The molecule has 1 aromatic carbocycles. The van der Waals surface area contributed by atoms with Crippen LogP contribution in [0.2, 0.25) is 0 Å². The first-order chi connectivity index (χ1) is 14.2. The van der Waals surface area contributed by atoms with Crippen LogP contribution in [0.25, 0.3) is 11.0 Å². The number of para-hydroxylation sites is 1. The Morgan fingerprint density at radius 2 is 2.10 bits per heavy atom. The number of benzene rings is 1. The number of ether oxygens (including phenoxy) is 1. The monoisotopic (exact) mass is 416 g/mol. The molecule has 30 heavy (non-hydrogen) atoms. The fourth-order valence-corrected chi connectivity index (χ4v) is 3.95. The van der Waals surface area contributed by atoms with E-state index in [-0.39, 0.29) is 31.1 Å². The molecule has 9 nitrogen and oxygen atoms in total. The maximum Gasteiger partial charge on any atom is 0.307 e. The van der Waals surface area contributed by atoms with E-state index in [2.05, 4.69) is 5.32 Å². The Hall–Kier alpha value is -3.23. The predicted octanol–water partition coefficient (Wildman–Crippen LogP) is 2.66. The highest BCUT2D eigenvalue weighted by molar-refractivity contribution is 5.88. The third-order valence-electron chi connectivity index (χ3n) is 5.54. The number of fused-ring (bicyclic) bond motifs is 1. The number of ketones is 1. The second-order valence-electron chi connectivity index (χ2n) is 7.77. The Balaban J connectivity index is 1.49. The number of nitrogens with one attached hydrogen (secondary N) is 1.